The van der Waals surface area contributed by atoms with Crippen molar-refractivity contribution in [2.45, 2.75) is 18.2 Å². The molecule has 0 fully saturated rings. The second-order valence-electron chi connectivity index (χ2n) is 4.70. The minimum Gasteiger partial charge on any atom is -0.496 e. The first-order valence-corrected chi connectivity index (χ1v) is 5.90. The molecular weight excluding hydrogens is 235 g/mol. The van der Waals surface area contributed by atoms with Crippen LogP contribution in [0.5, 0.6) is 11.5 Å². The predicted octanol–water partition coefficient (Wildman–Crippen LogP) is 0.123. The molecule has 1 aromatic rings. The van der Waals surface area contributed by atoms with Crippen molar-refractivity contribution < 1.29 is 9.47 Å². The van der Waals surface area contributed by atoms with E-state index in [1.54, 1.807) is 20.3 Å². The fourth-order valence-electron chi connectivity index (χ4n) is 1.61. The van der Waals surface area contributed by atoms with Gasteiger partial charge in [0, 0.05) is 6.07 Å². The number of halogens is 1. The molecule has 0 heterocycles. The molecule has 1 aromatic carbocycles. The van der Waals surface area contributed by atoms with Gasteiger partial charge in [0.05, 0.1) is 19.2 Å². The van der Waals surface area contributed by atoms with Gasteiger partial charge in [0.15, 0.2) is 0 Å². The van der Waals surface area contributed by atoms with Crippen LogP contribution < -0.4 is 15.2 Å². The average molecular weight is 253 g/mol. The average Bonchev–Trinajstić information content (AvgIpc) is 2.27. The molecule has 1 rings (SSSR count). The molecule has 1 atom stereocenters. The number of rotatable bonds is 4. The van der Waals surface area contributed by atoms with Crippen LogP contribution >= 0.6 is 11.6 Å². The molecule has 92 valence electrons. The molecule has 0 aliphatic rings. The molecule has 0 amide bonds. The highest BCUT2D eigenvalue weighted by Crippen LogP contribution is 2.37. The summed E-state index contributed by atoms with van der Waals surface area (Å²) in [5.74, 6) is 1.37. The molecule has 3 nitrogen and oxygen atoms in total. The molecule has 0 unspecified atom stereocenters. The maximum Gasteiger partial charge on any atom is 0.137 e. The second-order valence-corrected chi connectivity index (χ2v) is 5.10. The van der Waals surface area contributed by atoms with E-state index in [0.29, 0.717) is 10.8 Å². The van der Waals surface area contributed by atoms with E-state index in [2.05, 4.69) is 15.7 Å². The van der Waals surface area contributed by atoms with Gasteiger partial charge < -0.3 is 15.2 Å². The van der Waals surface area contributed by atoms with Crippen LogP contribution in [0.4, 0.5) is 0 Å². The predicted molar refractivity (Wildman–Crippen MR) is 77.0 cm³/mol. The van der Waals surface area contributed by atoms with E-state index in [1.165, 1.54) is 0 Å². The third-order valence-corrected chi connectivity index (χ3v) is 3.60. The second kappa shape index (κ2) is 5.23. The van der Waals surface area contributed by atoms with Crippen LogP contribution in [-0.4, -0.2) is 36.0 Å². The summed E-state index contributed by atoms with van der Waals surface area (Å²) in [5, 5.41) is 0.317. The third kappa shape index (κ3) is 2.72. The normalized spacial score (nSPS) is 13.2. The number of nitrogens with two attached hydrogens (primary N) is 1. The number of benzene rings is 1. The highest BCUT2D eigenvalue weighted by Gasteiger charge is 2.29. The fourth-order valence-corrected chi connectivity index (χ4v) is 1.84. The number of ether oxygens (including phenoxy) is 2. The van der Waals surface area contributed by atoms with Gasteiger partial charge in [0.2, 0.25) is 0 Å². The number of hydrogen-bond donors (Lipinski definition) is 1. The molecule has 6 heteroatoms. The van der Waals surface area contributed by atoms with Gasteiger partial charge in [-0.15, -0.1) is 0 Å². The van der Waals surface area contributed by atoms with Crippen LogP contribution in [0, 0.1) is 0 Å². The molecule has 0 spiro atoms. The molecule has 17 heavy (non-hydrogen) atoms. The summed E-state index contributed by atoms with van der Waals surface area (Å²) in [4.78, 5) is 0. The Morgan fingerprint density at radius 1 is 1.24 bits per heavy atom. The first-order valence-electron chi connectivity index (χ1n) is 5.52. The largest absolute Gasteiger partial charge is 0.496 e. The third-order valence-electron chi connectivity index (χ3n) is 3.31. The number of hydrogen-bond acceptors (Lipinski definition) is 3. The van der Waals surface area contributed by atoms with Crippen molar-refractivity contribution in [3.8, 4) is 11.5 Å². The molecule has 0 aliphatic heterocycles. The van der Waals surface area contributed by atoms with Gasteiger partial charge in [-0.1, -0.05) is 18.5 Å². The summed E-state index contributed by atoms with van der Waals surface area (Å²) in [6.07, 6.45) is 0. The van der Waals surface area contributed by atoms with E-state index in [9.17, 15) is 0 Å². The minimum absolute atomic E-state index is 0.0118. The topological polar surface area (TPSA) is 44.5 Å². The number of methoxy groups -OCH3 is 2. The van der Waals surface area contributed by atoms with Crippen LogP contribution in [0.2, 0.25) is 5.02 Å². The first kappa shape index (κ1) is 14.3. The van der Waals surface area contributed by atoms with Gasteiger partial charge in [-0.3, -0.25) is 0 Å². The van der Waals surface area contributed by atoms with Crippen molar-refractivity contribution in [3.05, 3.63) is 22.7 Å². The maximum absolute atomic E-state index is 6.07. The lowest BCUT2D eigenvalue weighted by Gasteiger charge is -2.31. The maximum atomic E-state index is 6.07. The Balaban J connectivity index is 3.40. The smallest absolute Gasteiger partial charge is 0.137 e. The quantitative estimate of drug-likeness (QED) is 0.775. The summed E-state index contributed by atoms with van der Waals surface area (Å²) >= 11 is 6.07. The molecule has 0 saturated carbocycles. The van der Waals surface area contributed by atoms with Gasteiger partial charge in [-0.05, 0) is 22.9 Å². The highest BCUT2D eigenvalue weighted by atomic mass is 35.5. The summed E-state index contributed by atoms with van der Waals surface area (Å²) in [6, 6.07) is 3.65. The van der Waals surface area contributed by atoms with Gasteiger partial charge >= 0.3 is 0 Å². The molecule has 2 N–H and O–H groups in total. The van der Waals surface area contributed by atoms with Crippen LogP contribution in [0.1, 0.15) is 12.5 Å². The van der Waals surface area contributed by atoms with Crippen LogP contribution in [0.3, 0.4) is 0 Å². The fraction of sp³-hybridized carbons (Fsp3) is 0.455. The Morgan fingerprint density at radius 3 is 2.18 bits per heavy atom. The van der Waals surface area contributed by atoms with Crippen molar-refractivity contribution in [3.63, 3.8) is 0 Å². The molecular formula is C11H18B2ClNO2. The molecule has 0 saturated heterocycles. The van der Waals surface area contributed by atoms with Crippen LogP contribution in [-0.2, 0) is 5.21 Å². The van der Waals surface area contributed by atoms with Crippen LogP contribution in [0.25, 0.3) is 0 Å². The lowest BCUT2D eigenvalue weighted by Crippen LogP contribution is -2.44. The van der Waals surface area contributed by atoms with Gasteiger partial charge in [0.25, 0.3) is 0 Å². The Labute approximate surface area is 109 Å². The summed E-state index contributed by atoms with van der Waals surface area (Å²) in [7, 11) is 7.36. The standard InChI is InChI=1S/C11H18B2ClNO2/c1-6(15)11(12,13)7-4-10(17-3)8(14)5-9(7)16-2/h4-6H,12-13,15H2,1-3H3/t6-/m1/s1. The Bertz CT molecular complexity index is 411. The van der Waals surface area contributed by atoms with E-state index >= 15 is 0 Å². The summed E-state index contributed by atoms with van der Waals surface area (Å²) in [5.41, 5.74) is 7.02. The van der Waals surface area contributed by atoms with E-state index in [4.69, 9.17) is 26.8 Å². The Kier molecular flexibility index (Phi) is 4.39. The Morgan fingerprint density at radius 2 is 1.76 bits per heavy atom. The van der Waals surface area contributed by atoms with Gasteiger partial charge in [0.1, 0.15) is 27.2 Å². The van der Waals surface area contributed by atoms with Crippen molar-refractivity contribution in [2.75, 3.05) is 14.2 Å². The molecule has 0 aromatic heterocycles. The molecule has 0 radical (unpaired) electrons. The summed E-state index contributed by atoms with van der Waals surface area (Å²) < 4.78 is 10.6. The van der Waals surface area contributed by atoms with Gasteiger partial charge in [-0.2, -0.15) is 0 Å². The monoisotopic (exact) mass is 253 g/mol. The SMILES string of the molecule is BC(B)(c1cc(OC)c(Cl)cc1OC)[C@@H](C)N. The van der Waals surface area contributed by atoms with Crippen molar-refractivity contribution >= 4 is 27.3 Å². The van der Waals surface area contributed by atoms with E-state index in [-0.39, 0.29) is 11.3 Å². The minimum atomic E-state index is -0.219. The van der Waals surface area contributed by atoms with Crippen molar-refractivity contribution in [2.24, 2.45) is 5.73 Å². The highest BCUT2D eigenvalue weighted by molar-refractivity contribution is 6.41. The van der Waals surface area contributed by atoms with E-state index < -0.39 is 0 Å². The van der Waals surface area contributed by atoms with Crippen LogP contribution in [0.15, 0.2) is 12.1 Å². The Hall–Kier alpha value is -0.800. The molecule has 0 aliphatic carbocycles. The van der Waals surface area contributed by atoms with E-state index in [1.807, 2.05) is 13.0 Å². The van der Waals surface area contributed by atoms with E-state index in [0.717, 1.165) is 11.3 Å². The zero-order chi connectivity index (χ0) is 13.2. The van der Waals surface area contributed by atoms with Crippen molar-refractivity contribution in [1.29, 1.82) is 0 Å². The zero-order valence-electron chi connectivity index (χ0n) is 11.0. The van der Waals surface area contributed by atoms with Gasteiger partial charge in [-0.25, -0.2) is 0 Å². The van der Waals surface area contributed by atoms with Crippen molar-refractivity contribution in [1.82, 2.24) is 0 Å². The molecule has 0 bridgehead atoms. The lowest BCUT2D eigenvalue weighted by molar-refractivity contribution is 0.395. The zero-order valence-corrected chi connectivity index (χ0v) is 11.8. The summed E-state index contributed by atoms with van der Waals surface area (Å²) in [6.45, 7) is 1.97. The lowest BCUT2D eigenvalue weighted by atomic mass is 9.47. The first-order chi connectivity index (χ1) is 7.84.